The Morgan fingerprint density at radius 3 is 2.58 bits per heavy atom. The summed E-state index contributed by atoms with van der Waals surface area (Å²) in [5, 5.41) is 1.88. The van der Waals surface area contributed by atoms with E-state index in [1.54, 1.807) is 28.4 Å². The lowest BCUT2D eigenvalue weighted by atomic mass is 9.88. The second kappa shape index (κ2) is 7.47. The standard InChI is InChI=1S/C23H22N2O4S2/c1-29-18-10-8-17(9-11-18)15-25-23(19-5-2-3-7-21(19)31(25,27)28)12-13-24(16-23)22(26)20-6-4-14-30-20/h2-11,14H,12-13,15-16H2,1H3. The van der Waals surface area contributed by atoms with Crippen LogP contribution in [0, 0.1) is 0 Å². The van der Waals surface area contributed by atoms with Gasteiger partial charge in [-0.15, -0.1) is 11.3 Å². The van der Waals surface area contributed by atoms with Gasteiger partial charge in [0, 0.05) is 19.6 Å². The smallest absolute Gasteiger partial charge is 0.263 e. The van der Waals surface area contributed by atoms with Gasteiger partial charge in [-0.3, -0.25) is 4.79 Å². The van der Waals surface area contributed by atoms with Gasteiger partial charge >= 0.3 is 0 Å². The number of carbonyl (C=O) groups excluding carboxylic acids is 1. The molecular formula is C23H22N2O4S2. The van der Waals surface area contributed by atoms with E-state index in [1.165, 1.54) is 11.3 Å². The molecule has 0 aliphatic carbocycles. The Balaban J connectivity index is 1.55. The van der Waals surface area contributed by atoms with Gasteiger partial charge in [-0.05, 0) is 47.2 Å². The van der Waals surface area contributed by atoms with Crippen LogP contribution >= 0.6 is 11.3 Å². The lowest BCUT2D eigenvalue weighted by molar-refractivity contribution is 0.0767. The van der Waals surface area contributed by atoms with E-state index in [-0.39, 0.29) is 12.5 Å². The van der Waals surface area contributed by atoms with Gasteiger partial charge in [0.2, 0.25) is 10.0 Å². The molecule has 2 aliphatic rings. The Labute approximate surface area is 185 Å². The van der Waals surface area contributed by atoms with Crippen LogP contribution in [0.25, 0.3) is 0 Å². The summed E-state index contributed by atoms with van der Waals surface area (Å²) >= 11 is 1.41. The van der Waals surface area contributed by atoms with Crippen LogP contribution in [-0.2, 0) is 22.1 Å². The molecule has 0 radical (unpaired) electrons. The van der Waals surface area contributed by atoms with Crippen molar-refractivity contribution in [1.29, 1.82) is 0 Å². The highest BCUT2D eigenvalue weighted by molar-refractivity contribution is 7.89. The van der Waals surface area contributed by atoms with E-state index in [1.807, 2.05) is 53.9 Å². The molecule has 31 heavy (non-hydrogen) atoms. The number of nitrogens with zero attached hydrogens (tertiary/aromatic N) is 2. The zero-order valence-electron chi connectivity index (χ0n) is 17.0. The fraction of sp³-hybridized carbons (Fsp3) is 0.261. The predicted molar refractivity (Wildman–Crippen MR) is 119 cm³/mol. The van der Waals surface area contributed by atoms with Gasteiger partial charge in [0.15, 0.2) is 0 Å². The first-order chi connectivity index (χ1) is 15.0. The van der Waals surface area contributed by atoms with E-state index in [4.69, 9.17) is 4.74 Å². The third-order valence-corrected chi connectivity index (χ3v) is 9.01. The van der Waals surface area contributed by atoms with E-state index < -0.39 is 15.6 Å². The molecule has 0 saturated carbocycles. The summed E-state index contributed by atoms with van der Waals surface area (Å²) in [6, 6.07) is 18.3. The van der Waals surface area contributed by atoms with Crippen LogP contribution < -0.4 is 4.74 Å². The van der Waals surface area contributed by atoms with Gasteiger partial charge in [0.1, 0.15) is 5.75 Å². The van der Waals surface area contributed by atoms with E-state index in [0.29, 0.717) is 29.3 Å². The van der Waals surface area contributed by atoms with E-state index in [2.05, 4.69) is 0 Å². The highest BCUT2D eigenvalue weighted by Crippen LogP contribution is 2.50. The molecule has 3 heterocycles. The van der Waals surface area contributed by atoms with Gasteiger partial charge in [-0.25, -0.2) is 8.42 Å². The first-order valence-electron chi connectivity index (χ1n) is 10.0. The van der Waals surface area contributed by atoms with E-state index in [0.717, 1.165) is 16.9 Å². The van der Waals surface area contributed by atoms with Crippen molar-refractivity contribution in [3.8, 4) is 5.75 Å². The van der Waals surface area contributed by atoms with Crippen molar-refractivity contribution in [2.24, 2.45) is 0 Å². The second-order valence-electron chi connectivity index (χ2n) is 7.84. The SMILES string of the molecule is COc1ccc(CN2C3(CCN(C(=O)c4cccs4)C3)c3ccccc3S2(=O)=O)cc1. The third kappa shape index (κ3) is 3.17. The van der Waals surface area contributed by atoms with Crippen molar-refractivity contribution in [1.82, 2.24) is 9.21 Å². The van der Waals surface area contributed by atoms with Crippen molar-refractivity contribution in [3.63, 3.8) is 0 Å². The van der Waals surface area contributed by atoms with Crippen LogP contribution in [0.2, 0.25) is 0 Å². The summed E-state index contributed by atoms with van der Waals surface area (Å²) in [7, 11) is -2.09. The normalized spacial score (nSPS) is 22.0. The summed E-state index contributed by atoms with van der Waals surface area (Å²) in [6.45, 7) is 1.10. The molecule has 1 amide bonds. The summed E-state index contributed by atoms with van der Waals surface area (Å²) in [6.07, 6.45) is 0.566. The predicted octanol–water partition coefficient (Wildman–Crippen LogP) is 3.70. The zero-order chi connectivity index (χ0) is 21.6. The maximum atomic E-state index is 13.6. The molecule has 2 aromatic carbocycles. The number of ether oxygens (including phenoxy) is 1. The van der Waals surface area contributed by atoms with Gasteiger partial charge in [-0.2, -0.15) is 4.31 Å². The monoisotopic (exact) mass is 454 g/mol. The molecule has 1 spiro atoms. The van der Waals surface area contributed by atoms with Crippen molar-refractivity contribution < 1.29 is 17.9 Å². The number of methoxy groups -OCH3 is 1. The molecule has 160 valence electrons. The lowest BCUT2D eigenvalue weighted by Crippen LogP contribution is -2.46. The molecule has 1 saturated heterocycles. The maximum absolute atomic E-state index is 13.6. The number of hydrogen-bond acceptors (Lipinski definition) is 5. The Morgan fingerprint density at radius 1 is 1.10 bits per heavy atom. The fourth-order valence-electron chi connectivity index (χ4n) is 4.64. The van der Waals surface area contributed by atoms with Crippen LogP contribution in [0.4, 0.5) is 0 Å². The van der Waals surface area contributed by atoms with Crippen LogP contribution in [0.1, 0.15) is 27.2 Å². The van der Waals surface area contributed by atoms with Gasteiger partial charge in [0.25, 0.3) is 5.91 Å². The highest BCUT2D eigenvalue weighted by Gasteiger charge is 2.57. The molecule has 6 nitrogen and oxygen atoms in total. The van der Waals surface area contributed by atoms with Crippen LogP contribution in [0.15, 0.2) is 70.9 Å². The van der Waals surface area contributed by atoms with Crippen molar-refractivity contribution in [2.45, 2.75) is 23.4 Å². The molecule has 1 unspecified atom stereocenters. The number of hydrogen-bond donors (Lipinski definition) is 0. The maximum Gasteiger partial charge on any atom is 0.263 e. The van der Waals surface area contributed by atoms with Crippen molar-refractivity contribution in [3.05, 3.63) is 82.0 Å². The minimum Gasteiger partial charge on any atom is -0.497 e. The average Bonchev–Trinajstić information content (AvgIpc) is 3.51. The molecular weight excluding hydrogens is 432 g/mol. The molecule has 1 aromatic heterocycles. The third-order valence-electron chi connectivity index (χ3n) is 6.19. The minimum atomic E-state index is -3.69. The Hall–Kier alpha value is -2.68. The fourth-order valence-corrected chi connectivity index (χ4v) is 7.38. The average molecular weight is 455 g/mol. The lowest BCUT2D eigenvalue weighted by Gasteiger charge is -2.34. The molecule has 1 fully saturated rings. The number of benzene rings is 2. The molecule has 0 bridgehead atoms. The molecule has 0 N–H and O–H groups in total. The quantitative estimate of drug-likeness (QED) is 0.603. The van der Waals surface area contributed by atoms with Crippen molar-refractivity contribution in [2.75, 3.05) is 20.2 Å². The highest BCUT2D eigenvalue weighted by atomic mass is 32.2. The molecule has 1 atom stereocenters. The minimum absolute atomic E-state index is 0.0435. The van der Waals surface area contributed by atoms with Gasteiger partial charge in [0.05, 0.1) is 22.4 Å². The summed E-state index contributed by atoms with van der Waals surface area (Å²) < 4.78 is 34.0. The summed E-state index contributed by atoms with van der Waals surface area (Å²) in [5.74, 6) is 0.678. The van der Waals surface area contributed by atoms with E-state index >= 15 is 0 Å². The van der Waals surface area contributed by atoms with Crippen molar-refractivity contribution >= 4 is 27.3 Å². The van der Waals surface area contributed by atoms with Crippen LogP contribution in [0.3, 0.4) is 0 Å². The number of likely N-dealkylation sites (tertiary alicyclic amines) is 1. The number of fused-ring (bicyclic) bond motifs is 2. The molecule has 2 aliphatic heterocycles. The van der Waals surface area contributed by atoms with Gasteiger partial charge in [-0.1, -0.05) is 36.4 Å². The Kier molecular flexibility index (Phi) is 4.88. The first-order valence-corrected chi connectivity index (χ1v) is 12.4. The van der Waals surface area contributed by atoms with Gasteiger partial charge < -0.3 is 9.64 Å². The number of amides is 1. The van der Waals surface area contributed by atoms with E-state index in [9.17, 15) is 13.2 Å². The Bertz CT molecular complexity index is 1220. The largest absolute Gasteiger partial charge is 0.497 e. The molecule has 5 rings (SSSR count). The van der Waals surface area contributed by atoms with Crippen LogP contribution in [0.5, 0.6) is 5.75 Å². The topological polar surface area (TPSA) is 66.9 Å². The Morgan fingerprint density at radius 2 is 1.87 bits per heavy atom. The number of sulfonamides is 1. The zero-order valence-corrected chi connectivity index (χ0v) is 18.7. The number of thiophene rings is 1. The summed E-state index contributed by atoms with van der Waals surface area (Å²) in [5.41, 5.74) is 0.895. The first kappa shape index (κ1) is 20.2. The number of rotatable bonds is 4. The van der Waals surface area contributed by atoms with Crippen LogP contribution in [-0.4, -0.2) is 43.7 Å². The number of carbonyl (C=O) groups is 1. The summed E-state index contributed by atoms with van der Waals surface area (Å²) in [4.78, 5) is 15.8. The second-order valence-corrected chi connectivity index (χ2v) is 10.6. The molecule has 8 heteroatoms. The molecule has 3 aromatic rings.